The van der Waals surface area contributed by atoms with Gasteiger partial charge in [-0.3, -0.25) is 4.79 Å². The molecule has 0 unspecified atom stereocenters. The van der Waals surface area contributed by atoms with Crippen LogP contribution in [0.15, 0.2) is 35.9 Å². The summed E-state index contributed by atoms with van der Waals surface area (Å²) in [6.45, 7) is 1.75. The fourth-order valence-corrected chi connectivity index (χ4v) is 2.19. The zero-order valence-electron chi connectivity index (χ0n) is 13.4. The van der Waals surface area contributed by atoms with E-state index < -0.39 is 17.5 Å². The molecule has 2 aromatic rings. The highest BCUT2D eigenvalue weighted by Gasteiger charge is 2.14. The van der Waals surface area contributed by atoms with E-state index in [4.69, 9.17) is 16.3 Å². The van der Waals surface area contributed by atoms with Crippen LogP contribution in [0.1, 0.15) is 11.1 Å². The SMILES string of the molecule is COc1cc(Cl)c(C)cc1NC(=O)/C(C#N)=C/c1ccc(F)c(F)c1. The number of aryl methyl sites for hydroxylation is 1. The summed E-state index contributed by atoms with van der Waals surface area (Å²) in [7, 11) is 1.42. The molecule has 4 nitrogen and oxygen atoms in total. The second kappa shape index (κ2) is 7.77. The van der Waals surface area contributed by atoms with Crippen LogP contribution in [0.5, 0.6) is 5.75 Å². The van der Waals surface area contributed by atoms with Crippen molar-refractivity contribution in [3.8, 4) is 11.8 Å². The van der Waals surface area contributed by atoms with Gasteiger partial charge in [-0.25, -0.2) is 8.78 Å². The van der Waals surface area contributed by atoms with Gasteiger partial charge in [-0.2, -0.15) is 5.26 Å². The lowest BCUT2D eigenvalue weighted by Crippen LogP contribution is -2.14. The van der Waals surface area contributed by atoms with E-state index >= 15 is 0 Å². The fraction of sp³-hybridized carbons (Fsp3) is 0.111. The molecule has 7 heteroatoms. The largest absolute Gasteiger partial charge is 0.495 e. The number of hydrogen-bond acceptors (Lipinski definition) is 3. The van der Waals surface area contributed by atoms with Gasteiger partial charge in [0.1, 0.15) is 17.4 Å². The first kappa shape index (κ1) is 18.4. The molecule has 0 aliphatic carbocycles. The Balaban J connectivity index is 2.32. The van der Waals surface area contributed by atoms with Crippen molar-refractivity contribution in [1.82, 2.24) is 0 Å². The van der Waals surface area contributed by atoms with Gasteiger partial charge in [0.2, 0.25) is 0 Å². The highest BCUT2D eigenvalue weighted by molar-refractivity contribution is 6.31. The van der Waals surface area contributed by atoms with Crippen molar-refractivity contribution in [3.63, 3.8) is 0 Å². The number of methoxy groups -OCH3 is 1. The number of benzene rings is 2. The summed E-state index contributed by atoms with van der Waals surface area (Å²) in [4.78, 5) is 12.3. The van der Waals surface area contributed by atoms with E-state index in [-0.39, 0.29) is 11.1 Å². The Bertz CT molecular complexity index is 905. The first-order valence-corrected chi connectivity index (χ1v) is 7.46. The average Bonchev–Trinajstić information content (AvgIpc) is 2.58. The van der Waals surface area contributed by atoms with E-state index in [0.29, 0.717) is 22.0 Å². The average molecular weight is 363 g/mol. The monoisotopic (exact) mass is 362 g/mol. The number of nitrogens with zero attached hydrogens (tertiary/aromatic N) is 1. The van der Waals surface area contributed by atoms with Crippen LogP contribution in [-0.2, 0) is 4.79 Å². The molecule has 1 N–H and O–H groups in total. The number of halogens is 3. The number of nitriles is 1. The molecule has 0 fully saturated rings. The number of rotatable bonds is 4. The standard InChI is InChI=1S/C18H13ClF2N2O2/c1-10-5-16(17(25-2)8-13(10)19)23-18(24)12(9-22)6-11-3-4-14(20)15(21)7-11/h3-8H,1-2H3,(H,23,24)/b12-6+. The van der Waals surface area contributed by atoms with Crippen molar-refractivity contribution < 1.29 is 18.3 Å². The summed E-state index contributed by atoms with van der Waals surface area (Å²) in [6, 6.07) is 7.95. The summed E-state index contributed by atoms with van der Waals surface area (Å²) >= 11 is 6.00. The van der Waals surface area contributed by atoms with Crippen LogP contribution in [0.2, 0.25) is 5.02 Å². The van der Waals surface area contributed by atoms with Crippen LogP contribution in [0, 0.1) is 29.9 Å². The second-order valence-corrected chi connectivity index (χ2v) is 5.51. The van der Waals surface area contributed by atoms with Crippen LogP contribution in [0.4, 0.5) is 14.5 Å². The van der Waals surface area contributed by atoms with Crippen LogP contribution >= 0.6 is 11.6 Å². The summed E-state index contributed by atoms with van der Waals surface area (Å²) in [5, 5.41) is 12.2. The third-order valence-electron chi connectivity index (χ3n) is 3.35. The lowest BCUT2D eigenvalue weighted by atomic mass is 10.1. The van der Waals surface area contributed by atoms with Gasteiger partial charge in [0.15, 0.2) is 11.6 Å². The lowest BCUT2D eigenvalue weighted by molar-refractivity contribution is -0.112. The minimum atomic E-state index is -1.07. The van der Waals surface area contributed by atoms with Crippen molar-refractivity contribution in [3.05, 3.63) is 63.7 Å². The highest BCUT2D eigenvalue weighted by Crippen LogP contribution is 2.31. The quantitative estimate of drug-likeness (QED) is 0.644. The van der Waals surface area contributed by atoms with Crippen molar-refractivity contribution in [2.24, 2.45) is 0 Å². The molecule has 0 saturated heterocycles. The molecule has 2 aromatic carbocycles. The number of ether oxygens (including phenoxy) is 1. The van der Waals surface area contributed by atoms with Crippen molar-refractivity contribution in [2.45, 2.75) is 6.92 Å². The molecule has 0 spiro atoms. The number of hydrogen-bond donors (Lipinski definition) is 1. The molecular weight excluding hydrogens is 350 g/mol. The zero-order chi connectivity index (χ0) is 18.6. The Labute approximate surface area is 148 Å². The van der Waals surface area contributed by atoms with Gasteiger partial charge in [-0.1, -0.05) is 17.7 Å². The molecule has 0 heterocycles. The molecule has 0 bridgehead atoms. The Morgan fingerprint density at radius 2 is 2.00 bits per heavy atom. The summed E-state index contributed by atoms with van der Waals surface area (Å²) in [5.41, 5.74) is 0.951. The van der Waals surface area contributed by atoms with Gasteiger partial charge in [0.05, 0.1) is 12.8 Å². The summed E-state index contributed by atoms with van der Waals surface area (Å²) < 4.78 is 31.3. The van der Waals surface area contributed by atoms with E-state index in [0.717, 1.165) is 18.2 Å². The highest BCUT2D eigenvalue weighted by atomic mass is 35.5. The van der Waals surface area contributed by atoms with Crippen LogP contribution in [-0.4, -0.2) is 13.0 Å². The molecule has 0 radical (unpaired) electrons. The molecular formula is C18H13ClF2N2O2. The third kappa shape index (κ3) is 4.34. The molecule has 0 aliphatic heterocycles. The molecule has 0 saturated carbocycles. The van der Waals surface area contributed by atoms with Crippen LogP contribution in [0.3, 0.4) is 0 Å². The van der Waals surface area contributed by atoms with Crippen molar-refractivity contribution in [2.75, 3.05) is 12.4 Å². The van der Waals surface area contributed by atoms with Crippen LogP contribution in [0.25, 0.3) is 6.08 Å². The number of carbonyl (C=O) groups excluding carboxylic acids is 1. The van der Waals surface area contributed by atoms with E-state index in [2.05, 4.69) is 5.32 Å². The lowest BCUT2D eigenvalue weighted by Gasteiger charge is -2.12. The van der Waals surface area contributed by atoms with Gasteiger partial charge in [-0.05, 0) is 42.3 Å². The minimum Gasteiger partial charge on any atom is -0.495 e. The van der Waals surface area contributed by atoms with Gasteiger partial charge in [0.25, 0.3) is 5.91 Å². The first-order chi connectivity index (χ1) is 11.8. The van der Waals surface area contributed by atoms with Crippen molar-refractivity contribution >= 4 is 29.3 Å². The topological polar surface area (TPSA) is 62.1 Å². The molecule has 0 aromatic heterocycles. The molecule has 2 rings (SSSR count). The maximum Gasteiger partial charge on any atom is 0.266 e. The number of carbonyl (C=O) groups is 1. The maximum absolute atomic E-state index is 13.2. The Kier molecular flexibility index (Phi) is 5.73. The van der Waals surface area contributed by atoms with Crippen molar-refractivity contribution in [1.29, 1.82) is 5.26 Å². The second-order valence-electron chi connectivity index (χ2n) is 5.10. The molecule has 0 atom stereocenters. The fourth-order valence-electron chi connectivity index (χ4n) is 2.04. The van der Waals surface area contributed by atoms with E-state index in [9.17, 15) is 18.8 Å². The Morgan fingerprint density at radius 1 is 1.28 bits per heavy atom. The Hall–Kier alpha value is -2.91. The van der Waals surface area contributed by atoms with Crippen LogP contribution < -0.4 is 10.1 Å². The number of anilines is 1. The molecule has 128 valence electrons. The predicted octanol–water partition coefficient (Wildman–Crippen LogP) is 4.48. The number of nitrogens with one attached hydrogen (secondary N) is 1. The van der Waals surface area contributed by atoms with Gasteiger partial charge in [-0.15, -0.1) is 0 Å². The summed E-state index contributed by atoms with van der Waals surface area (Å²) in [5.74, 6) is -2.47. The number of amides is 1. The Morgan fingerprint density at radius 3 is 2.60 bits per heavy atom. The molecule has 0 aliphatic rings. The molecule has 1 amide bonds. The van der Waals surface area contributed by atoms with Gasteiger partial charge in [0, 0.05) is 11.1 Å². The first-order valence-electron chi connectivity index (χ1n) is 7.08. The minimum absolute atomic E-state index is 0.185. The van der Waals surface area contributed by atoms with Gasteiger partial charge < -0.3 is 10.1 Å². The third-order valence-corrected chi connectivity index (χ3v) is 3.76. The predicted molar refractivity (Wildman–Crippen MR) is 91.3 cm³/mol. The zero-order valence-corrected chi connectivity index (χ0v) is 14.1. The van der Waals surface area contributed by atoms with E-state index in [1.165, 1.54) is 19.2 Å². The normalized spacial score (nSPS) is 11.0. The molecule has 25 heavy (non-hydrogen) atoms. The maximum atomic E-state index is 13.2. The van der Waals surface area contributed by atoms with E-state index in [1.54, 1.807) is 19.1 Å². The van der Waals surface area contributed by atoms with Gasteiger partial charge >= 0.3 is 0 Å². The van der Waals surface area contributed by atoms with E-state index in [1.807, 2.05) is 0 Å². The smallest absolute Gasteiger partial charge is 0.266 e. The summed E-state index contributed by atoms with van der Waals surface area (Å²) in [6.07, 6.45) is 1.16.